The molecule has 2 aliphatic rings. The maximum absolute atomic E-state index is 12.9. The van der Waals surface area contributed by atoms with Crippen LogP contribution in [0.2, 0.25) is 0 Å². The molecule has 0 aromatic heterocycles. The number of carbonyl (C=O) groups excluding carboxylic acids is 4. The molecule has 194 valence electrons. The minimum atomic E-state index is -0.538. The average Bonchev–Trinajstić information content (AvgIpc) is 3.50. The van der Waals surface area contributed by atoms with Gasteiger partial charge in [0.15, 0.2) is 18.1 Å². The Hall–Kier alpha value is -3.79. The third kappa shape index (κ3) is 6.71. The molecule has 0 unspecified atom stereocenters. The van der Waals surface area contributed by atoms with E-state index in [2.05, 4.69) is 5.32 Å². The monoisotopic (exact) mass is 523 g/mol. The fraction of sp³-hybridized carbons (Fsp3) is 0.333. The number of nitrogens with zero attached hydrogens (tertiary/aromatic N) is 2. The molecule has 2 aromatic rings. The Kier molecular flexibility index (Phi) is 8.50. The second-order valence-electron chi connectivity index (χ2n) is 8.70. The van der Waals surface area contributed by atoms with Crippen molar-refractivity contribution in [2.45, 2.75) is 26.7 Å². The van der Waals surface area contributed by atoms with Crippen LogP contribution >= 0.6 is 11.8 Å². The molecule has 0 saturated carbocycles. The molecule has 2 saturated heterocycles. The molecule has 2 aromatic carbocycles. The Labute approximate surface area is 219 Å². The number of hydrogen-bond acceptors (Lipinski definition) is 7. The number of aryl methyl sites for hydroxylation is 1. The molecular formula is C27H29N3O6S. The first-order valence-corrected chi connectivity index (χ1v) is 12.9. The smallest absolute Gasteiger partial charge is 0.294 e. The molecule has 1 N–H and O–H groups in total. The number of benzene rings is 2. The SMILES string of the molecule is CCOc1cc(/C=C2\SC(=O)N(CC(=O)Nc3ccc(C)cc3)C2=O)ccc1OCC(=O)N1CCCC1. The molecule has 0 spiro atoms. The van der Waals surface area contributed by atoms with Crippen LogP contribution in [-0.4, -0.2) is 65.6 Å². The van der Waals surface area contributed by atoms with Crippen LogP contribution in [0.4, 0.5) is 10.5 Å². The third-order valence-corrected chi connectivity index (χ3v) is 6.79. The van der Waals surface area contributed by atoms with Gasteiger partial charge >= 0.3 is 0 Å². The van der Waals surface area contributed by atoms with Crippen molar-refractivity contribution in [3.05, 3.63) is 58.5 Å². The van der Waals surface area contributed by atoms with Crippen LogP contribution in [0, 0.1) is 6.92 Å². The predicted octanol–water partition coefficient (Wildman–Crippen LogP) is 4.07. The molecular weight excluding hydrogens is 494 g/mol. The van der Waals surface area contributed by atoms with Crippen LogP contribution in [0.15, 0.2) is 47.4 Å². The van der Waals surface area contributed by atoms with Gasteiger partial charge in [0, 0.05) is 18.8 Å². The summed E-state index contributed by atoms with van der Waals surface area (Å²) < 4.78 is 11.4. The van der Waals surface area contributed by atoms with E-state index in [0.29, 0.717) is 29.4 Å². The highest BCUT2D eigenvalue weighted by Gasteiger charge is 2.36. The summed E-state index contributed by atoms with van der Waals surface area (Å²) in [6.45, 7) is 5.20. The van der Waals surface area contributed by atoms with Crippen molar-refractivity contribution in [3.63, 3.8) is 0 Å². The zero-order chi connectivity index (χ0) is 26.4. The lowest BCUT2D eigenvalue weighted by Crippen LogP contribution is -2.36. The number of imide groups is 1. The van der Waals surface area contributed by atoms with Crippen molar-refractivity contribution < 1.29 is 28.7 Å². The summed E-state index contributed by atoms with van der Waals surface area (Å²) in [6, 6.07) is 12.3. The fourth-order valence-corrected chi connectivity index (χ4v) is 4.81. The Bertz CT molecular complexity index is 1220. The first-order valence-electron chi connectivity index (χ1n) is 12.1. The van der Waals surface area contributed by atoms with E-state index in [4.69, 9.17) is 9.47 Å². The molecule has 9 nitrogen and oxygen atoms in total. The van der Waals surface area contributed by atoms with Gasteiger partial charge < -0.3 is 19.7 Å². The molecule has 0 aliphatic carbocycles. The minimum absolute atomic E-state index is 0.0656. The molecule has 4 rings (SSSR count). The number of nitrogens with one attached hydrogen (secondary N) is 1. The number of thioether (sulfide) groups is 1. The Morgan fingerprint density at radius 1 is 1.03 bits per heavy atom. The van der Waals surface area contributed by atoms with Crippen LogP contribution in [-0.2, 0) is 14.4 Å². The molecule has 2 aliphatic heterocycles. The average molecular weight is 524 g/mol. The van der Waals surface area contributed by atoms with Gasteiger partial charge in [-0.2, -0.15) is 0 Å². The summed E-state index contributed by atoms with van der Waals surface area (Å²) in [4.78, 5) is 53.0. The maximum atomic E-state index is 12.9. The quantitative estimate of drug-likeness (QED) is 0.494. The van der Waals surface area contributed by atoms with Gasteiger partial charge in [-0.05, 0) is 74.4 Å². The largest absolute Gasteiger partial charge is 0.490 e. The summed E-state index contributed by atoms with van der Waals surface area (Å²) in [5.41, 5.74) is 2.26. The number of ether oxygens (including phenoxy) is 2. The lowest BCUT2D eigenvalue weighted by atomic mass is 10.2. The second kappa shape index (κ2) is 12.0. The van der Waals surface area contributed by atoms with Gasteiger partial charge in [0.2, 0.25) is 5.91 Å². The van der Waals surface area contributed by atoms with Gasteiger partial charge in [-0.3, -0.25) is 24.1 Å². The summed E-state index contributed by atoms with van der Waals surface area (Å²) >= 11 is 0.775. The maximum Gasteiger partial charge on any atom is 0.294 e. The van der Waals surface area contributed by atoms with E-state index in [0.717, 1.165) is 48.2 Å². The fourth-order valence-electron chi connectivity index (χ4n) is 3.97. The van der Waals surface area contributed by atoms with Crippen molar-refractivity contribution in [3.8, 4) is 11.5 Å². The van der Waals surface area contributed by atoms with Crippen molar-refractivity contribution >= 4 is 46.5 Å². The van der Waals surface area contributed by atoms with Crippen LogP contribution in [0.25, 0.3) is 6.08 Å². The van der Waals surface area contributed by atoms with Gasteiger partial charge in [-0.25, -0.2) is 0 Å². The van der Waals surface area contributed by atoms with Gasteiger partial charge in [0.05, 0.1) is 11.5 Å². The number of amides is 4. The van der Waals surface area contributed by atoms with Crippen LogP contribution in [0.3, 0.4) is 0 Å². The number of hydrogen-bond donors (Lipinski definition) is 1. The third-order valence-electron chi connectivity index (χ3n) is 5.89. The summed E-state index contributed by atoms with van der Waals surface area (Å²) in [7, 11) is 0. The number of rotatable bonds is 9. The Morgan fingerprint density at radius 3 is 2.46 bits per heavy atom. The van der Waals surface area contributed by atoms with Gasteiger partial charge in [-0.1, -0.05) is 23.8 Å². The highest BCUT2D eigenvalue weighted by molar-refractivity contribution is 8.18. The number of anilines is 1. The topological polar surface area (TPSA) is 105 Å². The minimum Gasteiger partial charge on any atom is -0.490 e. The zero-order valence-corrected chi connectivity index (χ0v) is 21.6. The standard InChI is InChI=1S/C27H29N3O6S/c1-3-35-22-14-19(8-11-21(22)36-17-25(32)29-12-4-5-13-29)15-23-26(33)30(27(34)37-23)16-24(31)28-20-9-6-18(2)7-10-20/h6-11,14-15H,3-5,12-13,16-17H2,1-2H3,(H,28,31)/b23-15-. The van der Waals surface area contributed by atoms with Crippen molar-refractivity contribution in [2.75, 3.05) is 38.2 Å². The van der Waals surface area contributed by atoms with E-state index >= 15 is 0 Å². The molecule has 0 atom stereocenters. The van der Waals surface area contributed by atoms with E-state index in [1.165, 1.54) is 0 Å². The lowest BCUT2D eigenvalue weighted by Gasteiger charge is -2.17. The van der Waals surface area contributed by atoms with Crippen molar-refractivity contribution in [1.82, 2.24) is 9.80 Å². The molecule has 10 heteroatoms. The van der Waals surface area contributed by atoms with E-state index in [9.17, 15) is 19.2 Å². The van der Waals surface area contributed by atoms with Crippen molar-refractivity contribution in [1.29, 1.82) is 0 Å². The molecule has 4 amide bonds. The first-order chi connectivity index (χ1) is 17.8. The van der Waals surface area contributed by atoms with E-state index in [1.54, 1.807) is 41.3 Å². The van der Waals surface area contributed by atoms with Crippen LogP contribution in [0.1, 0.15) is 30.9 Å². The van der Waals surface area contributed by atoms with Gasteiger partial charge in [-0.15, -0.1) is 0 Å². The highest BCUT2D eigenvalue weighted by Crippen LogP contribution is 2.34. The van der Waals surface area contributed by atoms with Gasteiger partial charge in [0.25, 0.3) is 17.1 Å². The number of likely N-dealkylation sites (tertiary alicyclic amines) is 1. The van der Waals surface area contributed by atoms with E-state index < -0.39 is 17.1 Å². The van der Waals surface area contributed by atoms with E-state index in [1.807, 2.05) is 26.0 Å². The van der Waals surface area contributed by atoms with Gasteiger partial charge in [0.1, 0.15) is 6.54 Å². The van der Waals surface area contributed by atoms with Crippen molar-refractivity contribution in [2.24, 2.45) is 0 Å². The molecule has 2 fully saturated rings. The molecule has 37 heavy (non-hydrogen) atoms. The second-order valence-corrected chi connectivity index (χ2v) is 9.69. The number of carbonyl (C=O) groups is 4. The molecule has 2 heterocycles. The molecule has 0 bridgehead atoms. The lowest BCUT2D eigenvalue weighted by molar-refractivity contribution is -0.132. The highest BCUT2D eigenvalue weighted by atomic mass is 32.2. The zero-order valence-electron chi connectivity index (χ0n) is 20.8. The Morgan fingerprint density at radius 2 is 1.76 bits per heavy atom. The normalized spacial score (nSPS) is 16.4. The first kappa shape index (κ1) is 26.3. The predicted molar refractivity (Wildman–Crippen MR) is 141 cm³/mol. The molecule has 0 radical (unpaired) electrons. The van der Waals surface area contributed by atoms with Crippen LogP contribution < -0.4 is 14.8 Å². The summed E-state index contributed by atoms with van der Waals surface area (Å²) in [6.07, 6.45) is 3.59. The summed E-state index contributed by atoms with van der Waals surface area (Å²) in [5, 5.41) is 2.18. The summed E-state index contributed by atoms with van der Waals surface area (Å²) in [5.74, 6) is -0.210. The van der Waals surface area contributed by atoms with E-state index in [-0.39, 0.29) is 24.0 Å². The van der Waals surface area contributed by atoms with Crippen LogP contribution in [0.5, 0.6) is 11.5 Å². The Balaban J connectivity index is 1.41.